The van der Waals surface area contributed by atoms with Gasteiger partial charge in [0.2, 0.25) is 11.8 Å². The summed E-state index contributed by atoms with van der Waals surface area (Å²) in [5, 5.41) is 3.68. The molecule has 6 heteroatoms. The number of halogens is 1. The van der Waals surface area contributed by atoms with E-state index in [1.165, 1.54) is 0 Å². The molecule has 0 aromatic heterocycles. The number of hydrogen-bond donors (Lipinski definition) is 1. The third-order valence-corrected chi connectivity index (χ3v) is 5.24. The molecule has 174 valence electrons. The number of carbonyl (C=O) groups is 2. The van der Waals surface area contributed by atoms with E-state index >= 15 is 0 Å². The minimum atomic E-state index is -0.498. The van der Waals surface area contributed by atoms with Crippen molar-refractivity contribution in [3.63, 3.8) is 0 Å². The highest BCUT2D eigenvalue weighted by molar-refractivity contribution is 6.30. The minimum Gasteiger partial charge on any atom is -0.494 e. The zero-order chi connectivity index (χ0) is 23.6. The van der Waals surface area contributed by atoms with Gasteiger partial charge in [-0.05, 0) is 69.9 Å². The monoisotopic (exact) mass is 458 g/mol. The lowest BCUT2D eigenvalue weighted by molar-refractivity contribution is -0.141. The van der Waals surface area contributed by atoms with Crippen LogP contribution in [-0.4, -0.2) is 41.4 Å². The average molecular weight is 459 g/mol. The first-order valence-corrected chi connectivity index (χ1v) is 11.6. The van der Waals surface area contributed by atoms with Crippen LogP contribution in [0.5, 0.6) is 5.75 Å². The molecular weight excluding hydrogens is 424 g/mol. The van der Waals surface area contributed by atoms with Gasteiger partial charge in [0.1, 0.15) is 11.8 Å². The molecule has 0 aliphatic carbocycles. The lowest BCUT2D eigenvalue weighted by Gasteiger charge is -2.33. The van der Waals surface area contributed by atoms with Crippen molar-refractivity contribution < 1.29 is 14.3 Å². The molecule has 0 saturated carbocycles. The van der Waals surface area contributed by atoms with E-state index in [2.05, 4.69) is 5.32 Å². The molecule has 0 unspecified atom stereocenters. The van der Waals surface area contributed by atoms with Gasteiger partial charge in [0.05, 0.1) is 6.61 Å². The van der Waals surface area contributed by atoms with Crippen LogP contribution in [-0.2, 0) is 16.0 Å². The Morgan fingerprint density at radius 2 is 1.72 bits per heavy atom. The normalized spacial score (nSPS) is 12.2. The van der Waals surface area contributed by atoms with Gasteiger partial charge in [-0.25, -0.2) is 0 Å². The van der Waals surface area contributed by atoms with Crippen molar-refractivity contribution in [3.8, 4) is 5.75 Å². The Morgan fingerprint density at radius 1 is 1.06 bits per heavy atom. The molecule has 0 saturated heterocycles. The van der Waals surface area contributed by atoms with Crippen LogP contribution < -0.4 is 10.1 Å². The topological polar surface area (TPSA) is 58.6 Å². The maximum Gasteiger partial charge on any atom is 0.243 e. The molecule has 0 aliphatic heterocycles. The van der Waals surface area contributed by atoms with Gasteiger partial charge in [-0.3, -0.25) is 9.59 Å². The van der Waals surface area contributed by atoms with E-state index in [1.807, 2.05) is 58.0 Å². The molecule has 5 nitrogen and oxygen atoms in total. The maximum absolute atomic E-state index is 13.2. The number of hydrogen-bond acceptors (Lipinski definition) is 3. The quantitative estimate of drug-likeness (QED) is 0.467. The van der Waals surface area contributed by atoms with E-state index < -0.39 is 6.04 Å². The fourth-order valence-corrected chi connectivity index (χ4v) is 3.56. The summed E-state index contributed by atoms with van der Waals surface area (Å²) in [5.74, 6) is 0.578. The van der Waals surface area contributed by atoms with Gasteiger partial charge in [0.15, 0.2) is 0 Å². The zero-order valence-corrected chi connectivity index (χ0v) is 20.3. The van der Waals surface area contributed by atoms with Gasteiger partial charge in [-0.1, -0.05) is 48.9 Å². The van der Waals surface area contributed by atoms with Crippen molar-refractivity contribution in [2.75, 3.05) is 13.2 Å². The SMILES string of the molecule is CC[C@@H](C(=O)NC(C)(C)C)N(CCc1ccccc1)C(=O)CCCOc1ccc(Cl)cc1. The highest BCUT2D eigenvalue weighted by atomic mass is 35.5. The second-order valence-corrected chi connectivity index (χ2v) is 9.33. The van der Waals surface area contributed by atoms with Crippen LogP contribution in [0.4, 0.5) is 0 Å². The van der Waals surface area contributed by atoms with Crippen LogP contribution in [0.15, 0.2) is 54.6 Å². The summed E-state index contributed by atoms with van der Waals surface area (Å²) in [5.41, 5.74) is 0.785. The summed E-state index contributed by atoms with van der Waals surface area (Å²) in [7, 11) is 0. The van der Waals surface area contributed by atoms with Gasteiger partial charge in [-0.2, -0.15) is 0 Å². The largest absolute Gasteiger partial charge is 0.494 e. The molecule has 32 heavy (non-hydrogen) atoms. The Bertz CT molecular complexity index is 848. The standard InChI is InChI=1S/C26H35ClN2O3/c1-5-23(25(31)28-26(2,3)4)29(18-17-20-10-7-6-8-11-20)24(30)12-9-19-32-22-15-13-21(27)14-16-22/h6-8,10-11,13-16,23H,5,9,12,17-19H2,1-4H3,(H,28,31)/t23-/m0/s1. The predicted octanol–water partition coefficient (Wildman–Crippen LogP) is 5.26. The average Bonchev–Trinajstić information content (AvgIpc) is 2.74. The second-order valence-electron chi connectivity index (χ2n) is 8.89. The Kier molecular flexibility index (Phi) is 10.0. The highest BCUT2D eigenvalue weighted by Crippen LogP contribution is 2.17. The molecular formula is C26H35ClN2O3. The molecule has 0 heterocycles. The molecule has 1 atom stereocenters. The summed E-state index contributed by atoms with van der Waals surface area (Å²) < 4.78 is 5.71. The van der Waals surface area contributed by atoms with Crippen LogP contribution in [0.1, 0.15) is 52.5 Å². The first-order chi connectivity index (χ1) is 15.2. The fraction of sp³-hybridized carbons (Fsp3) is 0.462. The van der Waals surface area contributed by atoms with Gasteiger partial charge in [-0.15, -0.1) is 0 Å². The number of nitrogens with zero attached hydrogens (tertiary/aromatic N) is 1. The molecule has 2 rings (SSSR count). The number of carbonyl (C=O) groups excluding carboxylic acids is 2. The van der Waals surface area contributed by atoms with E-state index in [0.29, 0.717) is 43.9 Å². The van der Waals surface area contributed by atoms with Crippen LogP contribution in [0, 0.1) is 0 Å². The molecule has 0 radical (unpaired) electrons. The van der Waals surface area contributed by atoms with Crippen LogP contribution in [0.3, 0.4) is 0 Å². The van der Waals surface area contributed by atoms with E-state index in [9.17, 15) is 9.59 Å². The molecule has 0 fully saturated rings. The van der Waals surface area contributed by atoms with Crippen molar-refractivity contribution in [2.45, 2.75) is 65.0 Å². The summed E-state index contributed by atoms with van der Waals surface area (Å²) >= 11 is 5.89. The van der Waals surface area contributed by atoms with Crippen LogP contribution >= 0.6 is 11.6 Å². The summed E-state index contributed by atoms with van der Waals surface area (Å²) in [4.78, 5) is 27.8. The summed E-state index contributed by atoms with van der Waals surface area (Å²) in [6, 6.07) is 16.7. The van der Waals surface area contributed by atoms with Crippen molar-refractivity contribution in [3.05, 3.63) is 65.2 Å². The summed E-state index contributed by atoms with van der Waals surface area (Å²) in [6.45, 7) is 8.70. The smallest absolute Gasteiger partial charge is 0.243 e. The number of nitrogens with one attached hydrogen (secondary N) is 1. The molecule has 0 spiro atoms. The van der Waals surface area contributed by atoms with Gasteiger partial charge in [0, 0.05) is 23.5 Å². The lowest BCUT2D eigenvalue weighted by atomic mass is 10.0. The minimum absolute atomic E-state index is 0.0310. The Balaban J connectivity index is 2.01. The van der Waals surface area contributed by atoms with E-state index in [1.54, 1.807) is 29.2 Å². The van der Waals surface area contributed by atoms with Crippen molar-refractivity contribution in [2.24, 2.45) is 0 Å². The zero-order valence-electron chi connectivity index (χ0n) is 19.6. The van der Waals surface area contributed by atoms with Gasteiger partial charge >= 0.3 is 0 Å². The van der Waals surface area contributed by atoms with E-state index in [0.717, 1.165) is 11.3 Å². The predicted molar refractivity (Wildman–Crippen MR) is 130 cm³/mol. The number of benzene rings is 2. The maximum atomic E-state index is 13.2. The Morgan fingerprint density at radius 3 is 2.31 bits per heavy atom. The number of ether oxygens (including phenoxy) is 1. The molecule has 1 N–H and O–H groups in total. The molecule has 0 aliphatic rings. The van der Waals surface area contributed by atoms with Crippen molar-refractivity contribution in [1.29, 1.82) is 0 Å². The highest BCUT2D eigenvalue weighted by Gasteiger charge is 2.30. The first kappa shape index (κ1) is 25.7. The summed E-state index contributed by atoms with van der Waals surface area (Å²) in [6.07, 6.45) is 2.15. The van der Waals surface area contributed by atoms with Gasteiger partial charge in [0.25, 0.3) is 0 Å². The van der Waals surface area contributed by atoms with Crippen molar-refractivity contribution in [1.82, 2.24) is 10.2 Å². The van der Waals surface area contributed by atoms with Crippen molar-refractivity contribution >= 4 is 23.4 Å². The number of rotatable bonds is 11. The third kappa shape index (κ3) is 8.91. The Labute approximate surface area is 197 Å². The van der Waals surface area contributed by atoms with Gasteiger partial charge < -0.3 is 15.0 Å². The molecule has 2 aromatic carbocycles. The van der Waals surface area contributed by atoms with E-state index in [4.69, 9.17) is 16.3 Å². The molecule has 2 aromatic rings. The molecule has 2 amide bonds. The molecule has 0 bridgehead atoms. The first-order valence-electron chi connectivity index (χ1n) is 11.2. The third-order valence-electron chi connectivity index (χ3n) is 4.99. The van der Waals surface area contributed by atoms with Crippen LogP contribution in [0.25, 0.3) is 0 Å². The lowest BCUT2D eigenvalue weighted by Crippen LogP contribution is -2.54. The van der Waals surface area contributed by atoms with E-state index in [-0.39, 0.29) is 17.4 Å². The number of amides is 2. The fourth-order valence-electron chi connectivity index (χ4n) is 3.44. The Hall–Kier alpha value is -2.53. The second kappa shape index (κ2) is 12.5. The van der Waals surface area contributed by atoms with Crippen LogP contribution in [0.2, 0.25) is 5.02 Å².